The van der Waals surface area contributed by atoms with E-state index in [1.54, 1.807) is 11.5 Å². The second kappa shape index (κ2) is 11.6. The van der Waals surface area contributed by atoms with Gasteiger partial charge >= 0.3 is 18.4 Å². The summed E-state index contributed by atoms with van der Waals surface area (Å²) in [6.45, 7) is 2.54. The Balaban J connectivity index is 2.35. The van der Waals surface area contributed by atoms with E-state index in [9.17, 15) is 40.7 Å². The highest BCUT2D eigenvalue weighted by Crippen LogP contribution is 2.38. The maximum Gasteiger partial charge on any atom is 0.427 e. The highest BCUT2D eigenvalue weighted by molar-refractivity contribution is 9.10. The van der Waals surface area contributed by atoms with Crippen molar-refractivity contribution in [3.63, 3.8) is 0 Å². The van der Waals surface area contributed by atoms with Gasteiger partial charge in [-0.1, -0.05) is 36.4 Å². The molecule has 4 N–H and O–H groups in total. The lowest BCUT2D eigenvalue weighted by molar-refractivity contribution is -0.270. The third-order valence-corrected chi connectivity index (χ3v) is 5.22. The molecule has 3 amide bonds. The number of halogens is 7. The minimum Gasteiger partial charge on any atom is -0.465 e. The summed E-state index contributed by atoms with van der Waals surface area (Å²) in [5.74, 6) is -3.42. The number of nitrogens with one attached hydrogen (secondary N) is 3. The molecule has 0 saturated heterocycles. The van der Waals surface area contributed by atoms with Gasteiger partial charge in [0, 0.05) is 6.42 Å². The second-order valence-electron chi connectivity index (χ2n) is 7.15. The van der Waals surface area contributed by atoms with E-state index in [0.29, 0.717) is 5.56 Å². The maximum atomic E-state index is 14.0. The van der Waals surface area contributed by atoms with Gasteiger partial charge in [-0.2, -0.15) is 26.3 Å². The van der Waals surface area contributed by atoms with Crippen molar-refractivity contribution in [2.75, 3.05) is 5.32 Å². The largest absolute Gasteiger partial charge is 0.465 e. The van der Waals surface area contributed by atoms with Crippen molar-refractivity contribution in [1.82, 2.24) is 15.8 Å². The van der Waals surface area contributed by atoms with Gasteiger partial charge < -0.3 is 9.84 Å². The van der Waals surface area contributed by atoms with Crippen LogP contribution in [0.5, 0.6) is 0 Å². The van der Waals surface area contributed by atoms with E-state index in [-0.39, 0.29) is 6.07 Å². The van der Waals surface area contributed by atoms with Crippen molar-refractivity contribution in [3.8, 4) is 0 Å². The number of ether oxygens (including phenoxy) is 1. The number of anilines is 1. The van der Waals surface area contributed by atoms with Crippen LogP contribution in [0.25, 0.3) is 0 Å². The number of carbonyl (C=O) groups is 3. The van der Waals surface area contributed by atoms with Crippen LogP contribution in [0, 0.1) is 0 Å². The monoisotopic (exact) mass is 598 g/mol. The van der Waals surface area contributed by atoms with Crippen LogP contribution in [-0.4, -0.2) is 39.8 Å². The smallest absolute Gasteiger partial charge is 0.427 e. The molecular weight excluding hydrogens is 582 g/mol. The fraction of sp³-hybridized carbons (Fsp3) is 0.238. The lowest BCUT2D eigenvalue weighted by Crippen LogP contribution is -2.61. The Bertz CT molecular complexity index is 1180. The molecule has 0 fully saturated rings. The molecule has 1 atom stereocenters. The first-order chi connectivity index (χ1) is 17.1. The Morgan fingerprint density at radius 1 is 1.08 bits per heavy atom. The summed E-state index contributed by atoms with van der Waals surface area (Å²) in [6, 6.07) is 7.79. The summed E-state index contributed by atoms with van der Waals surface area (Å²) < 4.78 is 85.5. The molecule has 0 aliphatic rings. The molecule has 0 aliphatic carbocycles. The number of nitrogens with zero attached hydrogens (tertiary/aromatic N) is 1. The molecule has 37 heavy (non-hydrogen) atoms. The third kappa shape index (κ3) is 7.19. The molecule has 1 heterocycles. The maximum absolute atomic E-state index is 14.0. The normalized spacial score (nSPS) is 13.3. The Labute approximate surface area is 213 Å². The van der Waals surface area contributed by atoms with Crippen molar-refractivity contribution in [3.05, 3.63) is 70.5 Å². The van der Waals surface area contributed by atoms with Crippen molar-refractivity contribution < 1.29 is 50.6 Å². The van der Waals surface area contributed by atoms with Gasteiger partial charge in [-0.25, -0.2) is 9.78 Å². The van der Waals surface area contributed by atoms with Gasteiger partial charge in [-0.05, 0) is 27.6 Å². The zero-order chi connectivity index (χ0) is 28.0. The highest BCUT2D eigenvalue weighted by atomic mass is 79.9. The van der Waals surface area contributed by atoms with Gasteiger partial charge in [0.25, 0.3) is 11.8 Å². The molecule has 2 rings (SSSR count). The molecule has 1 aromatic carbocycles. The first-order valence-electron chi connectivity index (χ1n) is 9.86. The molecule has 0 bridgehead atoms. The number of aromatic nitrogens is 1. The molecule has 16 heteroatoms. The van der Waals surface area contributed by atoms with Crippen LogP contribution < -0.4 is 16.2 Å². The molecule has 0 unspecified atom stereocenters. The summed E-state index contributed by atoms with van der Waals surface area (Å²) in [4.78, 5) is 39.5. The number of carboxylic acid groups (broad SMARTS) is 1. The van der Waals surface area contributed by atoms with Gasteiger partial charge in [0.05, 0.1) is 17.9 Å². The van der Waals surface area contributed by atoms with Crippen LogP contribution in [0.3, 0.4) is 0 Å². The van der Waals surface area contributed by atoms with E-state index in [1.807, 2.05) is 0 Å². The van der Waals surface area contributed by atoms with E-state index in [1.165, 1.54) is 35.0 Å². The Hall–Kier alpha value is -3.66. The van der Waals surface area contributed by atoms with Crippen molar-refractivity contribution in [2.24, 2.45) is 0 Å². The Morgan fingerprint density at radius 3 is 2.22 bits per heavy atom. The quantitative estimate of drug-likeness (QED) is 0.149. The summed E-state index contributed by atoms with van der Waals surface area (Å²) in [5, 5.41) is 10.4. The SMILES string of the molecule is C=CC[C@](OCc1ccccc1)(C(=O)NNC(=O)c1nc(Br)c(C(F)(F)F)cc1NC(=O)O)C(F)(F)F. The molecule has 1 aromatic heterocycles. The molecule has 0 spiro atoms. The minimum atomic E-state index is -5.31. The first-order valence-corrected chi connectivity index (χ1v) is 10.7. The Kier molecular flexibility index (Phi) is 9.27. The fourth-order valence-corrected chi connectivity index (χ4v) is 3.39. The number of rotatable bonds is 8. The molecule has 200 valence electrons. The van der Waals surface area contributed by atoms with Crippen LogP contribution in [0.1, 0.15) is 28.0 Å². The van der Waals surface area contributed by atoms with Gasteiger partial charge in [0.2, 0.25) is 5.60 Å². The summed E-state index contributed by atoms with van der Waals surface area (Å²) in [6.07, 6.45) is -12.5. The van der Waals surface area contributed by atoms with E-state index in [2.05, 4.69) is 27.5 Å². The standard InChI is InChI=1S/C21H17BrF6N4O5/c1-2-8-19(21(26,27)28,37-10-11-6-4-3-5-7-11)17(34)32-31-16(33)14-13(29-18(35)36)9-12(15(22)30-14)20(23,24)25/h2-7,9,29H,1,8,10H2,(H,31,33)(H,32,34)(H,35,36)/t19-/m0/s1. The van der Waals surface area contributed by atoms with E-state index in [0.717, 1.165) is 6.08 Å². The van der Waals surface area contributed by atoms with Gasteiger partial charge in [0.15, 0.2) is 5.69 Å². The molecule has 9 nitrogen and oxygen atoms in total. The van der Waals surface area contributed by atoms with Crippen molar-refractivity contribution in [1.29, 1.82) is 0 Å². The Morgan fingerprint density at radius 2 is 1.70 bits per heavy atom. The van der Waals surface area contributed by atoms with E-state index in [4.69, 9.17) is 9.84 Å². The summed E-state index contributed by atoms with van der Waals surface area (Å²) in [5.41, 5.74) is -3.53. The second-order valence-corrected chi connectivity index (χ2v) is 7.90. The van der Waals surface area contributed by atoms with Crippen LogP contribution in [0.4, 0.5) is 36.8 Å². The lowest BCUT2D eigenvalue weighted by atomic mass is 9.97. The third-order valence-electron chi connectivity index (χ3n) is 4.61. The molecular formula is C21H17BrF6N4O5. The number of hydrogen-bond donors (Lipinski definition) is 4. The van der Waals surface area contributed by atoms with Crippen molar-refractivity contribution in [2.45, 2.75) is 31.0 Å². The zero-order valence-corrected chi connectivity index (χ0v) is 19.9. The van der Waals surface area contributed by atoms with Crippen LogP contribution in [0.2, 0.25) is 0 Å². The number of pyridine rings is 1. The number of hydrogen-bond acceptors (Lipinski definition) is 5. The predicted molar refractivity (Wildman–Crippen MR) is 119 cm³/mol. The van der Waals surface area contributed by atoms with Crippen molar-refractivity contribution >= 4 is 39.5 Å². The topological polar surface area (TPSA) is 130 Å². The van der Waals surface area contributed by atoms with Gasteiger partial charge in [-0.15, -0.1) is 6.58 Å². The molecule has 0 saturated carbocycles. The first kappa shape index (κ1) is 29.6. The van der Waals surface area contributed by atoms with Gasteiger partial charge in [-0.3, -0.25) is 25.8 Å². The zero-order valence-electron chi connectivity index (χ0n) is 18.3. The van der Waals surface area contributed by atoms with E-state index < -0.39 is 70.4 Å². The number of benzene rings is 1. The van der Waals surface area contributed by atoms with Crippen LogP contribution in [0.15, 0.2) is 53.7 Å². The molecule has 2 aromatic rings. The number of alkyl halides is 6. The minimum absolute atomic E-state index is 0.239. The summed E-state index contributed by atoms with van der Waals surface area (Å²) in [7, 11) is 0. The number of amides is 3. The predicted octanol–water partition coefficient (Wildman–Crippen LogP) is 4.81. The van der Waals surface area contributed by atoms with Crippen LogP contribution >= 0.6 is 15.9 Å². The fourth-order valence-electron chi connectivity index (χ4n) is 2.87. The number of carbonyl (C=O) groups excluding carboxylic acids is 2. The van der Waals surface area contributed by atoms with Crippen LogP contribution in [-0.2, 0) is 22.3 Å². The average molecular weight is 599 g/mol. The average Bonchev–Trinajstić information content (AvgIpc) is 2.79. The highest BCUT2D eigenvalue weighted by Gasteiger charge is 2.61. The molecule has 0 radical (unpaired) electrons. The lowest BCUT2D eigenvalue weighted by Gasteiger charge is -2.33. The summed E-state index contributed by atoms with van der Waals surface area (Å²) >= 11 is 2.50. The van der Waals surface area contributed by atoms with Gasteiger partial charge in [0.1, 0.15) is 4.60 Å². The van der Waals surface area contributed by atoms with E-state index >= 15 is 0 Å². The molecule has 0 aliphatic heterocycles. The number of hydrazine groups is 1.